The molecule has 5 nitrogen and oxygen atoms in total. The van der Waals surface area contributed by atoms with Crippen LogP contribution in [0.4, 0.5) is 0 Å². The van der Waals surface area contributed by atoms with Crippen LogP contribution in [0.5, 0.6) is 0 Å². The van der Waals surface area contributed by atoms with Gasteiger partial charge in [-0.25, -0.2) is 4.98 Å². The Kier molecular flexibility index (Phi) is 7.67. The van der Waals surface area contributed by atoms with Crippen LogP contribution >= 0.6 is 22.7 Å². The van der Waals surface area contributed by atoms with Gasteiger partial charge in [-0.05, 0) is 57.1 Å². The van der Waals surface area contributed by atoms with Gasteiger partial charge in [-0.2, -0.15) is 0 Å². The summed E-state index contributed by atoms with van der Waals surface area (Å²) in [4.78, 5) is 14.3. The molecule has 0 atom stereocenters. The van der Waals surface area contributed by atoms with Crippen LogP contribution in [0.15, 0.2) is 22.5 Å². The van der Waals surface area contributed by atoms with E-state index in [4.69, 9.17) is 0 Å². The summed E-state index contributed by atoms with van der Waals surface area (Å²) < 4.78 is 0. The topological polar surface area (TPSA) is 52.6 Å². The molecule has 2 aromatic heterocycles. The summed E-state index contributed by atoms with van der Waals surface area (Å²) in [5, 5.41) is 10.3. The number of nitrogens with zero attached hydrogens (tertiary/aromatic N) is 3. The molecular weight excluding hydrogens is 374 g/mol. The smallest absolute Gasteiger partial charge is 0.190 e. The number of hydrogen-bond acceptors (Lipinski definition) is 5. The fourth-order valence-corrected chi connectivity index (χ4v) is 5.05. The molecule has 0 radical (unpaired) electrons. The number of rotatable bonds is 7. The van der Waals surface area contributed by atoms with Gasteiger partial charge in [0.15, 0.2) is 5.96 Å². The first-order valence-electron chi connectivity index (χ1n) is 9.76. The zero-order valence-corrected chi connectivity index (χ0v) is 18.3. The molecule has 27 heavy (non-hydrogen) atoms. The van der Waals surface area contributed by atoms with E-state index in [1.54, 1.807) is 11.3 Å². The number of thiazole rings is 1. The summed E-state index contributed by atoms with van der Waals surface area (Å²) in [6.07, 6.45) is 3.46. The third kappa shape index (κ3) is 6.30. The largest absolute Gasteiger partial charge is 0.356 e. The molecule has 0 unspecified atom stereocenters. The number of likely N-dealkylation sites (tertiary alicyclic amines) is 1. The summed E-state index contributed by atoms with van der Waals surface area (Å²) in [7, 11) is 1.84. The molecule has 0 aliphatic carbocycles. The van der Waals surface area contributed by atoms with Gasteiger partial charge in [-0.15, -0.1) is 22.7 Å². The molecule has 0 amide bonds. The fraction of sp³-hybridized carbons (Fsp3) is 0.600. The lowest BCUT2D eigenvalue weighted by atomic mass is 9.97. The number of aromatic nitrogens is 1. The average molecular weight is 406 g/mol. The molecule has 0 aromatic carbocycles. The highest BCUT2D eigenvalue weighted by atomic mass is 32.1. The quantitative estimate of drug-likeness (QED) is 0.547. The molecule has 1 aliphatic heterocycles. The standard InChI is InChI=1S/C20H31N5S2/c1-15-16(2)27-19(24-15)6-9-22-20(21-3)23-13-17-7-10-25(11-8-17)14-18-5-4-12-26-18/h4-5,12,17H,6-11,13-14H2,1-3H3,(H2,21,22,23). The van der Waals surface area contributed by atoms with Gasteiger partial charge in [0.1, 0.15) is 0 Å². The third-order valence-corrected chi connectivity index (χ3v) is 7.15. The van der Waals surface area contributed by atoms with Crippen molar-refractivity contribution in [1.82, 2.24) is 20.5 Å². The van der Waals surface area contributed by atoms with Crippen LogP contribution in [0, 0.1) is 19.8 Å². The highest BCUT2D eigenvalue weighted by Gasteiger charge is 2.19. The lowest BCUT2D eigenvalue weighted by Crippen LogP contribution is -2.43. The molecule has 0 bridgehead atoms. The number of aryl methyl sites for hydroxylation is 2. The van der Waals surface area contributed by atoms with E-state index in [1.807, 2.05) is 18.4 Å². The number of nitrogens with one attached hydrogen (secondary N) is 2. The Morgan fingerprint density at radius 1 is 1.30 bits per heavy atom. The normalized spacial score (nSPS) is 16.6. The van der Waals surface area contributed by atoms with Gasteiger partial charge in [-0.1, -0.05) is 6.07 Å². The van der Waals surface area contributed by atoms with E-state index in [-0.39, 0.29) is 0 Å². The van der Waals surface area contributed by atoms with E-state index < -0.39 is 0 Å². The molecule has 148 valence electrons. The van der Waals surface area contributed by atoms with Crippen LogP contribution in [0.3, 0.4) is 0 Å². The molecular formula is C20H31N5S2. The molecule has 2 N–H and O–H groups in total. The van der Waals surface area contributed by atoms with E-state index in [1.165, 1.54) is 40.7 Å². The van der Waals surface area contributed by atoms with Crippen molar-refractivity contribution < 1.29 is 0 Å². The monoisotopic (exact) mass is 405 g/mol. The minimum absolute atomic E-state index is 0.729. The Morgan fingerprint density at radius 2 is 2.11 bits per heavy atom. The van der Waals surface area contributed by atoms with Crippen molar-refractivity contribution >= 4 is 28.6 Å². The number of guanidine groups is 1. The first kappa shape index (κ1) is 20.3. The number of aliphatic imine (C=N–C) groups is 1. The molecule has 2 aromatic rings. The predicted octanol–water partition coefficient (Wildman–Crippen LogP) is 3.44. The maximum Gasteiger partial charge on any atom is 0.190 e. The van der Waals surface area contributed by atoms with Crippen molar-refractivity contribution in [3.63, 3.8) is 0 Å². The van der Waals surface area contributed by atoms with Gasteiger partial charge in [0.05, 0.1) is 10.7 Å². The second kappa shape index (κ2) is 10.2. The van der Waals surface area contributed by atoms with Gasteiger partial charge in [0.25, 0.3) is 0 Å². The van der Waals surface area contributed by atoms with Crippen molar-refractivity contribution in [1.29, 1.82) is 0 Å². The van der Waals surface area contributed by atoms with Crippen LogP contribution < -0.4 is 10.6 Å². The van der Waals surface area contributed by atoms with Gasteiger partial charge < -0.3 is 10.6 Å². The minimum Gasteiger partial charge on any atom is -0.356 e. The molecule has 0 saturated carbocycles. The van der Waals surface area contributed by atoms with Crippen molar-refractivity contribution in [3.05, 3.63) is 38.0 Å². The molecule has 1 saturated heterocycles. The van der Waals surface area contributed by atoms with Gasteiger partial charge in [0.2, 0.25) is 0 Å². The molecule has 3 rings (SSSR count). The van der Waals surface area contributed by atoms with Gasteiger partial charge in [-0.3, -0.25) is 9.89 Å². The Labute approximate surface area is 170 Å². The second-order valence-electron chi connectivity index (χ2n) is 7.18. The Hall–Kier alpha value is -1.44. The van der Waals surface area contributed by atoms with E-state index >= 15 is 0 Å². The van der Waals surface area contributed by atoms with Gasteiger partial charge >= 0.3 is 0 Å². The predicted molar refractivity (Wildman–Crippen MR) is 117 cm³/mol. The molecule has 7 heteroatoms. The van der Waals surface area contributed by atoms with E-state index in [0.717, 1.165) is 43.6 Å². The SMILES string of the molecule is CN=C(NCCc1nc(C)c(C)s1)NCC1CCN(Cc2cccs2)CC1. The van der Waals surface area contributed by atoms with Crippen molar-refractivity contribution in [3.8, 4) is 0 Å². The number of hydrogen-bond donors (Lipinski definition) is 2. The van der Waals surface area contributed by atoms with E-state index in [9.17, 15) is 0 Å². The first-order chi connectivity index (χ1) is 13.1. The summed E-state index contributed by atoms with van der Waals surface area (Å²) in [5.41, 5.74) is 1.16. The maximum atomic E-state index is 4.60. The van der Waals surface area contributed by atoms with Crippen LogP contribution in [0.1, 0.15) is 33.3 Å². The lowest BCUT2D eigenvalue weighted by Gasteiger charge is -2.32. The average Bonchev–Trinajstić information content (AvgIpc) is 3.29. The van der Waals surface area contributed by atoms with Crippen LogP contribution in [0.25, 0.3) is 0 Å². The third-order valence-electron chi connectivity index (χ3n) is 5.15. The van der Waals surface area contributed by atoms with Crippen LogP contribution in [0.2, 0.25) is 0 Å². The highest BCUT2D eigenvalue weighted by Crippen LogP contribution is 2.20. The maximum absolute atomic E-state index is 4.60. The summed E-state index contributed by atoms with van der Waals surface area (Å²) in [5.74, 6) is 1.63. The summed E-state index contributed by atoms with van der Waals surface area (Å²) in [6.45, 7) is 9.58. The van der Waals surface area contributed by atoms with Crippen LogP contribution in [-0.2, 0) is 13.0 Å². The highest BCUT2D eigenvalue weighted by molar-refractivity contribution is 7.11. The van der Waals surface area contributed by atoms with Crippen molar-refractivity contribution in [2.75, 3.05) is 33.2 Å². The molecule has 0 spiro atoms. The summed E-state index contributed by atoms with van der Waals surface area (Å²) in [6, 6.07) is 4.38. The van der Waals surface area contributed by atoms with Gasteiger partial charge in [0, 0.05) is 42.9 Å². The van der Waals surface area contributed by atoms with E-state index in [0.29, 0.717) is 0 Å². The Morgan fingerprint density at radius 3 is 2.74 bits per heavy atom. The minimum atomic E-state index is 0.729. The fourth-order valence-electron chi connectivity index (χ4n) is 3.37. The zero-order chi connectivity index (χ0) is 19.1. The van der Waals surface area contributed by atoms with Crippen molar-refractivity contribution in [2.24, 2.45) is 10.9 Å². The number of piperidine rings is 1. The molecule has 1 aliphatic rings. The molecule has 3 heterocycles. The second-order valence-corrected chi connectivity index (χ2v) is 9.50. The summed E-state index contributed by atoms with van der Waals surface area (Å²) >= 11 is 3.66. The molecule has 1 fully saturated rings. The van der Waals surface area contributed by atoms with E-state index in [2.05, 4.69) is 56.9 Å². The number of thiophene rings is 1. The zero-order valence-electron chi connectivity index (χ0n) is 16.6. The van der Waals surface area contributed by atoms with Crippen LogP contribution in [-0.4, -0.2) is 49.1 Å². The first-order valence-corrected chi connectivity index (χ1v) is 11.5. The van der Waals surface area contributed by atoms with Crippen molar-refractivity contribution in [2.45, 2.75) is 39.7 Å². The Bertz CT molecular complexity index is 695. The Balaban J connectivity index is 1.32. The lowest BCUT2D eigenvalue weighted by molar-refractivity contribution is 0.179.